The second-order valence-corrected chi connectivity index (χ2v) is 6.67. The lowest BCUT2D eigenvalue weighted by molar-refractivity contribution is -0.102. The van der Waals surface area contributed by atoms with Gasteiger partial charge in [0.05, 0.1) is 12.7 Å². The molecule has 3 heteroatoms. The molecule has 3 atom stereocenters. The van der Waals surface area contributed by atoms with E-state index in [1.165, 1.54) is 42.4 Å². The number of morpholine rings is 1. The average Bonchev–Trinajstić information content (AvgIpc) is 2.47. The molecular formula is C18H28N2O. The zero-order chi connectivity index (χ0) is 14.8. The molecule has 0 bridgehead atoms. The molecule has 1 saturated heterocycles. The highest BCUT2D eigenvalue weighted by atomic mass is 16.5. The van der Waals surface area contributed by atoms with E-state index in [9.17, 15) is 0 Å². The third-order valence-electron chi connectivity index (χ3n) is 5.03. The Morgan fingerprint density at radius 1 is 1.19 bits per heavy atom. The minimum atomic E-state index is 0.332. The van der Waals surface area contributed by atoms with Crippen molar-refractivity contribution in [2.75, 3.05) is 19.7 Å². The number of nitrogens with zero attached hydrogens (tertiary/aromatic N) is 1. The van der Waals surface area contributed by atoms with E-state index in [0.717, 1.165) is 13.2 Å². The molecule has 1 aliphatic heterocycles. The van der Waals surface area contributed by atoms with Crippen molar-refractivity contribution in [3.8, 4) is 0 Å². The summed E-state index contributed by atoms with van der Waals surface area (Å²) in [6.07, 6.45) is 5.53. The molecule has 1 saturated carbocycles. The number of hydrogen-bond donors (Lipinski definition) is 1. The van der Waals surface area contributed by atoms with Crippen molar-refractivity contribution in [1.82, 2.24) is 4.90 Å². The van der Waals surface area contributed by atoms with Crippen LogP contribution < -0.4 is 5.73 Å². The molecule has 3 nitrogen and oxygen atoms in total. The molecule has 0 aromatic heterocycles. The molecule has 1 heterocycles. The fourth-order valence-corrected chi connectivity index (χ4v) is 4.18. The summed E-state index contributed by atoms with van der Waals surface area (Å²) in [5, 5.41) is 0. The summed E-state index contributed by atoms with van der Waals surface area (Å²) in [6.45, 7) is 6.89. The Hall–Kier alpha value is -0.900. The van der Waals surface area contributed by atoms with Gasteiger partial charge >= 0.3 is 0 Å². The van der Waals surface area contributed by atoms with Crippen molar-refractivity contribution in [2.24, 2.45) is 5.73 Å². The SMILES string of the molecule is Cc1cc(C)cc(C(CN)N2CCOC3CCCCC32)c1. The molecule has 2 N–H and O–H groups in total. The fraction of sp³-hybridized carbons (Fsp3) is 0.667. The van der Waals surface area contributed by atoms with Gasteiger partial charge in [-0.25, -0.2) is 0 Å². The van der Waals surface area contributed by atoms with E-state index in [-0.39, 0.29) is 0 Å². The summed E-state index contributed by atoms with van der Waals surface area (Å²) < 4.78 is 6.01. The van der Waals surface area contributed by atoms with E-state index in [2.05, 4.69) is 36.9 Å². The van der Waals surface area contributed by atoms with E-state index < -0.39 is 0 Å². The Kier molecular flexibility index (Phi) is 4.63. The first-order valence-electron chi connectivity index (χ1n) is 8.34. The molecule has 3 rings (SSSR count). The van der Waals surface area contributed by atoms with Crippen LogP contribution in [0.25, 0.3) is 0 Å². The normalized spacial score (nSPS) is 28.1. The van der Waals surface area contributed by atoms with Gasteiger partial charge in [0.25, 0.3) is 0 Å². The van der Waals surface area contributed by atoms with Gasteiger partial charge in [-0.3, -0.25) is 4.90 Å². The lowest BCUT2D eigenvalue weighted by atomic mass is 9.88. The summed E-state index contributed by atoms with van der Waals surface area (Å²) in [7, 11) is 0. The van der Waals surface area contributed by atoms with Crippen molar-refractivity contribution in [3.63, 3.8) is 0 Å². The summed E-state index contributed by atoms with van der Waals surface area (Å²) in [5.41, 5.74) is 10.2. The Labute approximate surface area is 128 Å². The maximum Gasteiger partial charge on any atom is 0.0731 e. The average molecular weight is 288 g/mol. The Bertz CT molecular complexity index is 466. The minimum Gasteiger partial charge on any atom is -0.375 e. The van der Waals surface area contributed by atoms with Crippen molar-refractivity contribution in [2.45, 2.75) is 57.7 Å². The number of aryl methyl sites for hydroxylation is 2. The van der Waals surface area contributed by atoms with Crippen LogP contribution in [0, 0.1) is 13.8 Å². The number of benzene rings is 1. The third-order valence-corrected chi connectivity index (χ3v) is 5.03. The smallest absolute Gasteiger partial charge is 0.0731 e. The van der Waals surface area contributed by atoms with Crippen molar-refractivity contribution in [3.05, 3.63) is 34.9 Å². The topological polar surface area (TPSA) is 38.5 Å². The lowest BCUT2D eigenvalue weighted by Crippen LogP contribution is -2.54. The first kappa shape index (κ1) is 15.0. The number of nitrogens with two attached hydrogens (primary N) is 1. The summed E-state index contributed by atoms with van der Waals surface area (Å²) in [5.74, 6) is 0. The Morgan fingerprint density at radius 3 is 2.62 bits per heavy atom. The van der Waals surface area contributed by atoms with Crippen molar-refractivity contribution in [1.29, 1.82) is 0 Å². The van der Waals surface area contributed by atoms with E-state index >= 15 is 0 Å². The van der Waals surface area contributed by atoms with Gasteiger partial charge in [0.2, 0.25) is 0 Å². The highest BCUT2D eigenvalue weighted by molar-refractivity contribution is 5.31. The van der Waals surface area contributed by atoms with Crippen LogP contribution in [0.15, 0.2) is 18.2 Å². The number of ether oxygens (including phenoxy) is 1. The molecule has 2 aliphatic rings. The summed E-state index contributed by atoms with van der Waals surface area (Å²) in [4.78, 5) is 2.63. The first-order valence-corrected chi connectivity index (χ1v) is 8.34. The third kappa shape index (κ3) is 3.15. The van der Waals surface area contributed by atoms with Crippen LogP contribution in [0.5, 0.6) is 0 Å². The standard InChI is InChI=1S/C18H28N2O/c1-13-9-14(2)11-15(10-13)17(12-19)20-7-8-21-18-6-4-3-5-16(18)20/h9-11,16-18H,3-8,12,19H2,1-2H3. The van der Waals surface area contributed by atoms with Crippen LogP contribution >= 0.6 is 0 Å². The van der Waals surface area contributed by atoms with Crippen LogP contribution in [0.1, 0.15) is 48.4 Å². The largest absolute Gasteiger partial charge is 0.375 e. The van der Waals surface area contributed by atoms with E-state index in [1.807, 2.05) is 0 Å². The van der Waals surface area contributed by atoms with Gasteiger partial charge < -0.3 is 10.5 Å². The highest BCUT2D eigenvalue weighted by Crippen LogP contribution is 2.34. The lowest BCUT2D eigenvalue weighted by Gasteiger charge is -2.47. The van der Waals surface area contributed by atoms with Crippen LogP contribution in [-0.2, 0) is 4.74 Å². The number of fused-ring (bicyclic) bond motifs is 1. The van der Waals surface area contributed by atoms with Crippen LogP contribution in [0.2, 0.25) is 0 Å². The van der Waals surface area contributed by atoms with Gasteiger partial charge in [0, 0.05) is 25.2 Å². The zero-order valence-corrected chi connectivity index (χ0v) is 13.3. The monoisotopic (exact) mass is 288 g/mol. The summed E-state index contributed by atoms with van der Waals surface area (Å²) in [6, 6.07) is 7.73. The van der Waals surface area contributed by atoms with Crippen molar-refractivity contribution < 1.29 is 4.74 Å². The summed E-state index contributed by atoms with van der Waals surface area (Å²) >= 11 is 0. The Balaban J connectivity index is 1.87. The van der Waals surface area contributed by atoms with Crippen LogP contribution in [0.3, 0.4) is 0 Å². The van der Waals surface area contributed by atoms with Gasteiger partial charge in [0.15, 0.2) is 0 Å². The number of hydrogen-bond acceptors (Lipinski definition) is 3. The first-order chi connectivity index (χ1) is 10.2. The Morgan fingerprint density at radius 2 is 1.90 bits per heavy atom. The molecule has 2 fully saturated rings. The van der Waals surface area contributed by atoms with E-state index in [0.29, 0.717) is 24.7 Å². The molecular weight excluding hydrogens is 260 g/mol. The van der Waals surface area contributed by atoms with Crippen LogP contribution in [0.4, 0.5) is 0 Å². The van der Waals surface area contributed by atoms with Gasteiger partial charge in [0.1, 0.15) is 0 Å². The van der Waals surface area contributed by atoms with Gasteiger partial charge in [-0.15, -0.1) is 0 Å². The van der Waals surface area contributed by atoms with Gasteiger partial charge in [-0.2, -0.15) is 0 Å². The van der Waals surface area contributed by atoms with Crippen molar-refractivity contribution >= 4 is 0 Å². The molecule has 0 spiro atoms. The maximum atomic E-state index is 6.18. The molecule has 1 aromatic rings. The molecule has 0 amide bonds. The predicted molar refractivity (Wildman–Crippen MR) is 86.4 cm³/mol. The second-order valence-electron chi connectivity index (χ2n) is 6.67. The van der Waals surface area contributed by atoms with Gasteiger partial charge in [-0.05, 0) is 32.3 Å². The fourth-order valence-electron chi connectivity index (χ4n) is 4.18. The molecule has 1 aromatic carbocycles. The molecule has 1 aliphatic carbocycles. The molecule has 3 unspecified atom stereocenters. The maximum absolute atomic E-state index is 6.18. The minimum absolute atomic E-state index is 0.332. The zero-order valence-electron chi connectivity index (χ0n) is 13.3. The molecule has 21 heavy (non-hydrogen) atoms. The predicted octanol–water partition coefficient (Wildman–Crippen LogP) is 2.95. The second kappa shape index (κ2) is 6.47. The molecule has 0 radical (unpaired) electrons. The van der Waals surface area contributed by atoms with Crippen LogP contribution in [-0.4, -0.2) is 36.7 Å². The molecule has 116 valence electrons. The highest BCUT2D eigenvalue weighted by Gasteiger charge is 2.37. The quantitative estimate of drug-likeness (QED) is 0.929. The number of rotatable bonds is 3. The van der Waals surface area contributed by atoms with Gasteiger partial charge in [-0.1, -0.05) is 42.2 Å². The van der Waals surface area contributed by atoms with E-state index in [1.54, 1.807) is 0 Å². The van der Waals surface area contributed by atoms with E-state index in [4.69, 9.17) is 10.5 Å².